The summed E-state index contributed by atoms with van der Waals surface area (Å²) in [5, 5.41) is 17.1. The number of anilines is 2. The molecule has 8 rings (SSSR count). The molecule has 2 aromatic heterocycles. The molecule has 0 amide bonds. The zero-order chi connectivity index (χ0) is 35.1. The minimum atomic E-state index is 0.261. The number of H-pyrrole nitrogens is 1. The highest BCUT2D eigenvalue weighted by atomic mass is 15.4. The summed E-state index contributed by atoms with van der Waals surface area (Å²) in [5.74, 6) is 0. The predicted octanol–water partition coefficient (Wildman–Crippen LogP) is 9.26. The van der Waals surface area contributed by atoms with Crippen LogP contribution in [-0.4, -0.2) is 37.4 Å². The van der Waals surface area contributed by atoms with E-state index in [9.17, 15) is 0 Å². The summed E-state index contributed by atoms with van der Waals surface area (Å²) in [4.78, 5) is 4.93. The second-order valence-electron chi connectivity index (χ2n) is 14.5. The summed E-state index contributed by atoms with van der Waals surface area (Å²) >= 11 is 0. The Bertz CT molecular complexity index is 2120. The SMILES string of the molecule is CC(C)N1Cc2ccccc2-c2c(nnn2C(C)C)-c2ccccc21.CC(C)N1Cc2ccccc2-c2n[nH][n+](C(C)C)c2-c2ccccc21. The average molecular weight is 666 g/mol. The van der Waals surface area contributed by atoms with Gasteiger partial charge in [0, 0.05) is 64.4 Å². The van der Waals surface area contributed by atoms with Gasteiger partial charge in [0.15, 0.2) is 0 Å². The van der Waals surface area contributed by atoms with Gasteiger partial charge in [0.2, 0.25) is 5.69 Å². The van der Waals surface area contributed by atoms with E-state index in [4.69, 9.17) is 5.10 Å². The third kappa shape index (κ3) is 5.86. The second-order valence-corrected chi connectivity index (χ2v) is 14.5. The highest BCUT2D eigenvalue weighted by Gasteiger charge is 2.33. The molecule has 0 bridgehead atoms. The smallest absolute Gasteiger partial charge is 0.257 e. The molecule has 1 N–H and O–H groups in total. The molecule has 0 radical (unpaired) electrons. The molecule has 0 aliphatic carbocycles. The molecular formula is C42H49N8+. The first kappa shape index (κ1) is 33.3. The average Bonchev–Trinajstić information content (AvgIpc) is 3.74. The van der Waals surface area contributed by atoms with Crippen LogP contribution >= 0.6 is 0 Å². The van der Waals surface area contributed by atoms with Gasteiger partial charge in [-0.3, -0.25) is 0 Å². The number of nitrogens with zero attached hydrogens (tertiary/aromatic N) is 7. The monoisotopic (exact) mass is 665 g/mol. The van der Waals surface area contributed by atoms with Gasteiger partial charge < -0.3 is 9.80 Å². The van der Waals surface area contributed by atoms with Gasteiger partial charge in [0.05, 0.1) is 11.3 Å². The molecule has 6 aromatic rings. The van der Waals surface area contributed by atoms with Crippen LogP contribution < -0.4 is 14.5 Å². The molecule has 0 spiro atoms. The third-order valence-electron chi connectivity index (χ3n) is 9.85. The van der Waals surface area contributed by atoms with Crippen LogP contribution in [-0.2, 0) is 13.1 Å². The van der Waals surface area contributed by atoms with Crippen LogP contribution in [0.3, 0.4) is 0 Å². The summed E-state index contributed by atoms with van der Waals surface area (Å²) in [7, 11) is 0. The number of benzene rings is 4. The lowest BCUT2D eigenvalue weighted by Gasteiger charge is -2.33. The molecule has 0 fully saturated rings. The van der Waals surface area contributed by atoms with Crippen LogP contribution in [0.25, 0.3) is 45.0 Å². The van der Waals surface area contributed by atoms with Gasteiger partial charge >= 0.3 is 0 Å². The standard InChI is InChI=1S/2C21H24N4/c1-14(2)24-13-16-9-5-6-10-17(16)21-20(22-23-25(21)15(3)4)18-11-7-8-12-19(18)24;1-14(2)24-13-16-9-5-6-10-17(16)20-21(25(15(3)4)23-22-20)18-11-7-8-12-19(18)24/h2*5-12,14-15H,13H2,1-4H3/p+1. The van der Waals surface area contributed by atoms with Crippen molar-refractivity contribution in [2.75, 3.05) is 9.80 Å². The Morgan fingerprint density at radius 2 is 1.06 bits per heavy atom. The van der Waals surface area contributed by atoms with E-state index in [2.05, 4.69) is 187 Å². The third-order valence-corrected chi connectivity index (χ3v) is 9.85. The van der Waals surface area contributed by atoms with E-state index < -0.39 is 0 Å². The van der Waals surface area contributed by atoms with E-state index in [1.165, 1.54) is 44.9 Å². The highest BCUT2D eigenvalue weighted by Crippen LogP contribution is 2.43. The fraction of sp³-hybridized carbons (Fsp3) is 0.333. The molecule has 8 nitrogen and oxygen atoms in total. The van der Waals surface area contributed by atoms with Crippen LogP contribution in [0.15, 0.2) is 97.1 Å². The van der Waals surface area contributed by atoms with Crippen molar-refractivity contribution in [3.8, 4) is 45.0 Å². The molecule has 8 heteroatoms. The van der Waals surface area contributed by atoms with E-state index in [0.717, 1.165) is 35.7 Å². The van der Waals surface area contributed by atoms with E-state index >= 15 is 0 Å². The maximum atomic E-state index is 4.71. The summed E-state index contributed by atoms with van der Waals surface area (Å²) in [5.41, 5.74) is 14.3. The van der Waals surface area contributed by atoms with Crippen molar-refractivity contribution in [3.63, 3.8) is 0 Å². The normalized spacial score (nSPS) is 13.3. The first-order valence-corrected chi connectivity index (χ1v) is 18.0. The fourth-order valence-corrected chi connectivity index (χ4v) is 7.31. The van der Waals surface area contributed by atoms with Gasteiger partial charge in [0.1, 0.15) is 11.7 Å². The Balaban J connectivity index is 0.000000157. The summed E-state index contributed by atoms with van der Waals surface area (Å²) < 4.78 is 4.23. The van der Waals surface area contributed by atoms with Crippen LogP contribution in [0, 0.1) is 0 Å². The van der Waals surface area contributed by atoms with Crippen molar-refractivity contribution >= 4 is 11.4 Å². The Labute approximate surface area is 296 Å². The lowest BCUT2D eigenvalue weighted by Crippen LogP contribution is -2.41. The zero-order valence-corrected chi connectivity index (χ0v) is 30.6. The van der Waals surface area contributed by atoms with Gasteiger partial charge in [0.25, 0.3) is 5.69 Å². The zero-order valence-electron chi connectivity index (χ0n) is 30.6. The minimum absolute atomic E-state index is 0.261. The summed E-state index contributed by atoms with van der Waals surface area (Å²) in [6.45, 7) is 19.5. The largest absolute Gasteiger partial charge is 0.364 e. The van der Waals surface area contributed by atoms with E-state index in [0.29, 0.717) is 18.1 Å². The molecule has 4 aromatic carbocycles. The Morgan fingerprint density at radius 3 is 1.64 bits per heavy atom. The molecular weight excluding hydrogens is 617 g/mol. The predicted molar refractivity (Wildman–Crippen MR) is 204 cm³/mol. The van der Waals surface area contributed by atoms with Crippen LogP contribution in [0.5, 0.6) is 0 Å². The Hall–Kier alpha value is -5.24. The second kappa shape index (κ2) is 13.6. The quantitative estimate of drug-likeness (QED) is 0.190. The lowest BCUT2D eigenvalue weighted by molar-refractivity contribution is -0.761. The van der Waals surface area contributed by atoms with Crippen molar-refractivity contribution in [2.45, 2.75) is 92.6 Å². The van der Waals surface area contributed by atoms with Crippen molar-refractivity contribution in [1.29, 1.82) is 0 Å². The number of para-hydroxylation sites is 2. The first-order valence-electron chi connectivity index (χ1n) is 18.0. The lowest BCUT2D eigenvalue weighted by atomic mass is 9.95. The molecule has 50 heavy (non-hydrogen) atoms. The van der Waals surface area contributed by atoms with Crippen LogP contribution in [0.4, 0.5) is 11.4 Å². The highest BCUT2D eigenvalue weighted by molar-refractivity contribution is 5.88. The Morgan fingerprint density at radius 1 is 0.560 bits per heavy atom. The first-order chi connectivity index (χ1) is 24.2. The maximum absolute atomic E-state index is 4.71. The number of nitrogens with one attached hydrogen (secondary N) is 1. The van der Waals surface area contributed by atoms with Gasteiger partial charge in [-0.25, -0.2) is 4.68 Å². The van der Waals surface area contributed by atoms with Gasteiger partial charge in [-0.2, -0.15) is 4.68 Å². The molecule has 4 heterocycles. The maximum Gasteiger partial charge on any atom is 0.257 e. The molecule has 2 aliphatic heterocycles. The molecule has 0 saturated carbocycles. The molecule has 256 valence electrons. The number of fused-ring (bicyclic) bond motifs is 10. The number of hydrogen-bond donors (Lipinski definition) is 1. The van der Waals surface area contributed by atoms with Gasteiger partial charge in [-0.05, 0) is 90.8 Å². The van der Waals surface area contributed by atoms with Crippen molar-refractivity contribution < 1.29 is 4.68 Å². The molecule has 0 saturated heterocycles. The molecule has 0 unspecified atom stereocenters. The van der Waals surface area contributed by atoms with Gasteiger partial charge in [-0.15, -0.1) is 5.10 Å². The van der Waals surface area contributed by atoms with Crippen molar-refractivity contribution in [1.82, 2.24) is 25.3 Å². The van der Waals surface area contributed by atoms with Crippen molar-refractivity contribution in [3.05, 3.63) is 108 Å². The van der Waals surface area contributed by atoms with E-state index in [-0.39, 0.29) is 6.04 Å². The number of rotatable bonds is 4. The van der Waals surface area contributed by atoms with Crippen LogP contribution in [0.2, 0.25) is 0 Å². The number of hydrogen-bond acceptors (Lipinski definition) is 5. The number of aromatic nitrogens is 6. The topological polar surface area (TPSA) is 69.8 Å². The summed E-state index contributed by atoms with van der Waals surface area (Å²) in [6, 6.07) is 35.9. The molecule has 2 aliphatic rings. The minimum Gasteiger partial charge on any atom is -0.364 e. The van der Waals surface area contributed by atoms with Gasteiger partial charge in [-0.1, -0.05) is 83.2 Å². The number of aromatic amines is 1. The Kier molecular flexibility index (Phi) is 9.03. The van der Waals surface area contributed by atoms with E-state index in [1.54, 1.807) is 0 Å². The fourth-order valence-electron chi connectivity index (χ4n) is 7.31. The van der Waals surface area contributed by atoms with E-state index in [1.807, 2.05) is 0 Å². The van der Waals surface area contributed by atoms with Crippen LogP contribution in [0.1, 0.15) is 78.6 Å². The van der Waals surface area contributed by atoms with Crippen molar-refractivity contribution in [2.24, 2.45) is 0 Å². The summed E-state index contributed by atoms with van der Waals surface area (Å²) in [6.07, 6.45) is 0. The molecule has 0 atom stereocenters.